The molecule has 2 saturated heterocycles. The Bertz CT molecular complexity index is 1170. The summed E-state index contributed by atoms with van der Waals surface area (Å²) in [4.78, 5) is 16.0. The molecule has 1 N–H and O–H groups in total. The van der Waals surface area contributed by atoms with Crippen molar-refractivity contribution in [3.8, 4) is 11.3 Å². The van der Waals surface area contributed by atoms with Crippen LogP contribution < -0.4 is 5.32 Å². The Kier molecular flexibility index (Phi) is 5.04. The molecule has 32 heavy (non-hydrogen) atoms. The Morgan fingerprint density at radius 1 is 1.00 bits per heavy atom. The summed E-state index contributed by atoms with van der Waals surface area (Å²) < 4.78 is 42.0. The Morgan fingerprint density at radius 2 is 1.69 bits per heavy atom. The number of fused-ring (bicyclic) bond motifs is 3. The summed E-state index contributed by atoms with van der Waals surface area (Å²) in [7, 11) is 3.95. The van der Waals surface area contributed by atoms with E-state index >= 15 is 0 Å². The minimum absolute atomic E-state index is 0.0736. The van der Waals surface area contributed by atoms with Gasteiger partial charge in [-0.15, -0.1) is 0 Å². The third kappa shape index (κ3) is 3.48. The van der Waals surface area contributed by atoms with Crippen LogP contribution in [0.4, 0.5) is 13.2 Å². The molecular formula is C25H26F3N3O. The summed E-state index contributed by atoms with van der Waals surface area (Å²) in [5.74, 6) is -0.219. The van der Waals surface area contributed by atoms with Gasteiger partial charge in [0.15, 0.2) is 0 Å². The number of aryl methyl sites for hydroxylation is 1. The van der Waals surface area contributed by atoms with Crippen LogP contribution in [0.2, 0.25) is 0 Å². The van der Waals surface area contributed by atoms with Gasteiger partial charge in [-0.25, -0.2) is 0 Å². The van der Waals surface area contributed by atoms with Crippen LogP contribution in [-0.4, -0.2) is 40.5 Å². The van der Waals surface area contributed by atoms with Crippen LogP contribution in [0.1, 0.15) is 41.6 Å². The number of piperidine rings is 1. The van der Waals surface area contributed by atoms with Crippen molar-refractivity contribution in [2.75, 3.05) is 7.05 Å². The lowest BCUT2D eigenvalue weighted by atomic mass is 9.97. The summed E-state index contributed by atoms with van der Waals surface area (Å²) in [6.07, 6.45) is -0.338. The highest BCUT2D eigenvalue weighted by atomic mass is 19.4. The van der Waals surface area contributed by atoms with Crippen LogP contribution in [0.25, 0.3) is 22.2 Å². The van der Waals surface area contributed by atoms with Crippen molar-refractivity contribution >= 4 is 16.8 Å². The molecule has 3 aromatic rings. The molecular weight excluding hydrogens is 415 g/mol. The van der Waals surface area contributed by atoms with E-state index in [0.29, 0.717) is 28.9 Å². The average molecular weight is 441 g/mol. The molecule has 2 atom stereocenters. The third-order valence-electron chi connectivity index (χ3n) is 7.23. The van der Waals surface area contributed by atoms with Gasteiger partial charge in [0, 0.05) is 36.1 Å². The number of para-hydroxylation sites is 1. The van der Waals surface area contributed by atoms with Gasteiger partial charge in [0.2, 0.25) is 0 Å². The van der Waals surface area contributed by atoms with Crippen LogP contribution in [0.15, 0.2) is 48.5 Å². The zero-order valence-electron chi connectivity index (χ0n) is 18.1. The number of nitrogens with one attached hydrogen (secondary N) is 1. The monoisotopic (exact) mass is 441 g/mol. The fourth-order valence-electron chi connectivity index (χ4n) is 5.59. The zero-order chi connectivity index (χ0) is 22.6. The number of benzene rings is 2. The molecule has 4 nitrogen and oxygen atoms in total. The number of carbonyl (C=O) groups excluding carboxylic acids is 1. The van der Waals surface area contributed by atoms with Gasteiger partial charge in [0.05, 0.1) is 16.8 Å². The second-order valence-corrected chi connectivity index (χ2v) is 9.07. The highest BCUT2D eigenvalue weighted by molar-refractivity contribution is 6.12. The van der Waals surface area contributed by atoms with Crippen LogP contribution in [0.3, 0.4) is 0 Å². The molecule has 0 radical (unpaired) electrons. The number of rotatable bonds is 3. The number of halogens is 3. The SMILES string of the molecule is CN1C2CCC1CC(NC(=O)c1c(-c3cccc(C(F)(F)F)c3)n(C)c3ccccc13)C2. The van der Waals surface area contributed by atoms with E-state index in [0.717, 1.165) is 48.7 Å². The molecule has 2 unspecified atom stereocenters. The first-order valence-electron chi connectivity index (χ1n) is 11.0. The van der Waals surface area contributed by atoms with Crippen LogP contribution in [0.5, 0.6) is 0 Å². The third-order valence-corrected chi connectivity index (χ3v) is 7.23. The molecule has 2 aliphatic rings. The number of carbonyl (C=O) groups is 1. The number of amides is 1. The van der Waals surface area contributed by atoms with E-state index in [2.05, 4.69) is 17.3 Å². The lowest BCUT2D eigenvalue weighted by Gasteiger charge is -2.36. The van der Waals surface area contributed by atoms with Gasteiger partial charge in [-0.1, -0.05) is 30.3 Å². The van der Waals surface area contributed by atoms with Crippen LogP contribution >= 0.6 is 0 Å². The van der Waals surface area contributed by atoms with E-state index in [1.165, 1.54) is 6.07 Å². The van der Waals surface area contributed by atoms with E-state index in [-0.39, 0.29) is 11.9 Å². The number of aromatic nitrogens is 1. The number of alkyl halides is 3. The summed E-state index contributed by atoms with van der Waals surface area (Å²) >= 11 is 0. The Labute approximate surface area is 185 Å². The molecule has 2 fully saturated rings. The summed E-state index contributed by atoms with van der Waals surface area (Å²) in [5.41, 5.74) is 1.42. The van der Waals surface area contributed by atoms with Crippen molar-refractivity contribution in [2.24, 2.45) is 7.05 Å². The molecule has 168 valence electrons. The molecule has 2 bridgehead atoms. The Balaban J connectivity index is 1.56. The first-order valence-corrected chi connectivity index (χ1v) is 11.0. The molecule has 2 aliphatic heterocycles. The quantitative estimate of drug-likeness (QED) is 0.605. The predicted octanol–water partition coefficient (Wildman–Crippen LogP) is 5.22. The number of hydrogen-bond donors (Lipinski definition) is 1. The fourth-order valence-corrected chi connectivity index (χ4v) is 5.59. The fraction of sp³-hybridized carbons (Fsp3) is 0.400. The topological polar surface area (TPSA) is 37.3 Å². The normalized spacial score (nSPS) is 23.6. The molecule has 0 aliphatic carbocycles. The number of hydrogen-bond acceptors (Lipinski definition) is 2. The van der Waals surface area contributed by atoms with Gasteiger partial charge in [0.1, 0.15) is 0 Å². The van der Waals surface area contributed by atoms with E-state index in [9.17, 15) is 18.0 Å². The standard InChI is InChI=1S/C25H26F3N3O/c1-30-18-10-11-19(30)14-17(13-18)29-24(32)22-20-8-3-4-9-21(20)31(2)23(22)15-6-5-7-16(12-15)25(26,27)28/h3-9,12,17-19H,10-11,13-14H2,1-2H3,(H,29,32). The van der Waals surface area contributed by atoms with Crippen LogP contribution in [0, 0.1) is 0 Å². The van der Waals surface area contributed by atoms with Crippen molar-refractivity contribution in [1.82, 2.24) is 14.8 Å². The lowest BCUT2D eigenvalue weighted by molar-refractivity contribution is -0.137. The molecule has 2 aromatic carbocycles. The van der Waals surface area contributed by atoms with Crippen molar-refractivity contribution in [2.45, 2.75) is 50.0 Å². The summed E-state index contributed by atoms with van der Waals surface area (Å²) in [5, 5.41) is 3.96. The molecule has 1 aromatic heterocycles. The van der Waals surface area contributed by atoms with Gasteiger partial charge in [-0.3, -0.25) is 4.79 Å². The zero-order valence-corrected chi connectivity index (χ0v) is 18.1. The minimum Gasteiger partial charge on any atom is -0.349 e. The van der Waals surface area contributed by atoms with Crippen molar-refractivity contribution < 1.29 is 18.0 Å². The van der Waals surface area contributed by atoms with Crippen molar-refractivity contribution in [1.29, 1.82) is 0 Å². The van der Waals surface area contributed by atoms with E-state index in [1.54, 1.807) is 13.1 Å². The molecule has 7 heteroatoms. The summed E-state index contributed by atoms with van der Waals surface area (Å²) in [6.45, 7) is 0. The minimum atomic E-state index is -4.45. The highest BCUT2D eigenvalue weighted by Gasteiger charge is 2.39. The smallest absolute Gasteiger partial charge is 0.349 e. The van der Waals surface area contributed by atoms with Crippen molar-refractivity contribution in [3.05, 3.63) is 59.7 Å². The average Bonchev–Trinajstić information content (AvgIpc) is 3.15. The Hall–Kier alpha value is -2.80. The van der Waals surface area contributed by atoms with E-state index < -0.39 is 11.7 Å². The lowest BCUT2D eigenvalue weighted by Crippen LogP contribution is -2.48. The predicted molar refractivity (Wildman–Crippen MR) is 118 cm³/mol. The molecule has 0 saturated carbocycles. The molecule has 5 rings (SSSR count). The van der Waals surface area contributed by atoms with Gasteiger partial charge in [0.25, 0.3) is 5.91 Å². The largest absolute Gasteiger partial charge is 0.416 e. The second-order valence-electron chi connectivity index (χ2n) is 9.07. The Morgan fingerprint density at radius 3 is 2.38 bits per heavy atom. The maximum Gasteiger partial charge on any atom is 0.416 e. The molecule has 3 heterocycles. The first-order chi connectivity index (χ1) is 15.2. The maximum atomic E-state index is 13.6. The first kappa shape index (κ1) is 21.1. The van der Waals surface area contributed by atoms with E-state index in [4.69, 9.17) is 0 Å². The number of nitrogens with zero attached hydrogens (tertiary/aromatic N) is 2. The van der Waals surface area contributed by atoms with Crippen LogP contribution in [-0.2, 0) is 13.2 Å². The van der Waals surface area contributed by atoms with Crippen molar-refractivity contribution in [3.63, 3.8) is 0 Å². The summed E-state index contributed by atoms with van der Waals surface area (Å²) in [6, 6.07) is 13.7. The highest BCUT2D eigenvalue weighted by Crippen LogP contribution is 2.38. The second kappa shape index (κ2) is 7.66. The maximum absolute atomic E-state index is 13.6. The van der Waals surface area contributed by atoms with Gasteiger partial charge in [-0.05, 0) is 56.5 Å². The van der Waals surface area contributed by atoms with Gasteiger partial charge >= 0.3 is 6.18 Å². The molecule has 0 spiro atoms. The van der Waals surface area contributed by atoms with Gasteiger partial charge in [-0.2, -0.15) is 13.2 Å². The molecule has 1 amide bonds. The van der Waals surface area contributed by atoms with E-state index in [1.807, 2.05) is 28.8 Å². The van der Waals surface area contributed by atoms with Gasteiger partial charge < -0.3 is 14.8 Å².